The standard InChI is InChI=1S/C17H28ClNO/c1-13-11-15(18)12-14(2)16(13)20-10-8-6-7-9-19-17(3,4)5/h11-12,19H,6-10H2,1-5H3. The number of aryl methyl sites for hydroxylation is 2. The summed E-state index contributed by atoms with van der Waals surface area (Å²) in [6, 6.07) is 3.91. The lowest BCUT2D eigenvalue weighted by molar-refractivity contribution is 0.299. The van der Waals surface area contributed by atoms with Crippen LogP contribution in [0.15, 0.2) is 12.1 Å². The van der Waals surface area contributed by atoms with Gasteiger partial charge in [-0.15, -0.1) is 0 Å². The first-order valence-electron chi connectivity index (χ1n) is 7.44. The van der Waals surface area contributed by atoms with E-state index in [0.29, 0.717) is 0 Å². The van der Waals surface area contributed by atoms with Crippen molar-refractivity contribution in [3.63, 3.8) is 0 Å². The van der Waals surface area contributed by atoms with Gasteiger partial charge in [-0.3, -0.25) is 0 Å². The Hall–Kier alpha value is -0.730. The lowest BCUT2D eigenvalue weighted by Gasteiger charge is -2.20. The second-order valence-electron chi connectivity index (χ2n) is 6.45. The molecule has 1 aromatic carbocycles. The summed E-state index contributed by atoms with van der Waals surface area (Å²) in [4.78, 5) is 0. The number of ether oxygens (including phenoxy) is 1. The summed E-state index contributed by atoms with van der Waals surface area (Å²) in [5, 5.41) is 4.28. The average molecular weight is 298 g/mol. The molecule has 114 valence electrons. The molecule has 0 aliphatic carbocycles. The van der Waals surface area contributed by atoms with Crippen molar-refractivity contribution in [2.45, 2.75) is 59.4 Å². The van der Waals surface area contributed by atoms with Gasteiger partial charge in [-0.25, -0.2) is 0 Å². The maximum Gasteiger partial charge on any atom is 0.125 e. The summed E-state index contributed by atoms with van der Waals surface area (Å²) in [5.74, 6) is 0.988. The fourth-order valence-electron chi connectivity index (χ4n) is 2.17. The Labute approximate surface area is 128 Å². The zero-order valence-electron chi connectivity index (χ0n) is 13.5. The normalized spacial score (nSPS) is 11.7. The fraction of sp³-hybridized carbons (Fsp3) is 0.647. The van der Waals surface area contributed by atoms with Crippen molar-refractivity contribution in [1.82, 2.24) is 5.32 Å². The smallest absolute Gasteiger partial charge is 0.125 e. The summed E-state index contributed by atoms with van der Waals surface area (Å²) in [5.41, 5.74) is 2.45. The molecule has 0 aliphatic rings. The van der Waals surface area contributed by atoms with Gasteiger partial charge >= 0.3 is 0 Å². The first kappa shape index (κ1) is 17.3. The van der Waals surface area contributed by atoms with Crippen molar-refractivity contribution in [1.29, 1.82) is 0 Å². The predicted molar refractivity (Wildman–Crippen MR) is 88.0 cm³/mol. The van der Waals surface area contributed by atoms with Crippen molar-refractivity contribution in [3.05, 3.63) is 28.3 Å². The number of rotatable bonds is 7. The molecule has 0 fully saturated rings. The Morgan fingerprint density at radius 1 is 1.05 bits per heavy atom. The Morgan fingerprint density at radius 2 is 1.65 bits per heavy atom. The van der Waals surface area contributed by atoms with Gasteiger partial charge < -0.3 is 10.1 Å². The molecule has 0 aliphatic heterocycles. The molecule has 1 rings (SSSR count). The van der Waals surface area contributed by atoms with Gasteiger partial charge in [0.2, 0.25) is 0 Å². The minimum absolute atomic E-state index is 0.216. The number of hydrogen-bond donors (Lipinski definition) is 1. The summed E-state index contributed by atoms with van der Waals surface area (Å²) >= 11 is 6.01. The predicted octanol–water partition coefficient (Wildman–Crippen LogP) is 4.89. The summed E-state index contributed by atoms with van der Waals surface area (Å²) in [7, 11) is 0. The molecule has 0 unspecified atom stereocenters. The molecule has 0 saturated heterocycles. The first-order valence-corrected chi connectivity index (χ1v) is 7.82. The van der Waals surface area contributed by atoms with Crippen LogP contribution < -0.4 is 10.1 Å². The van der Waals surface area contributed by atoms with Crippen LogP contribution in [0.4, 0.5) is 0 Å². The van der Waals surface area contributed by atoms with Crippen LogP contribution in [-0.2, 0) is 0 Å². The maximum atomic E-state index is 6.01. The monoisotopic (exact) mass is 297 g/mol. The van der Waals surface area contributed by atoms with Crippen LogP contribution in [0.5, 0.6) is 5.75 Å². The largest absolute Gasteiger partial charge is 0.493 e. The SMILES string of the molecule is Cc1cc(Cl)cc(C)c1OCCCCCNC(C)(C)C. The van der Waals surface area contributed by atoms with Gasteiger partial charge in [0.25, 0.3) is 0 Å². The van der Waals surface area contributed by atoms with Crippen molar-refractivity contribution < 1.29 is 4.74 Å². The summed E-state index contributed by atoms with van der Waals surface area (Å²) < 4.78 is 5.89. The van der Waals surface area contributed by atoms with E-state index < -0.39 is 0 Å². The molecule has 0 saturated carbocycles. The minimum atomic E-state index is 0.216. The lowest BCUT2D eigenvalue weighted by atomic mass is 10.1. The van der Waals surface area contributed by atoms with E-state index in [9.17, 15) is 0 Å². The number of hydrogen-bond acceptors (Lipinski definition) is 2. The van der Waals surface area contributed by atoms with E-state index in [1.165, 1.54) is 12.8 Å². The molecule has 20 heavy (non-hydrogen) atoms. The molecule has 0 aromatic heterocycles. The zero-order valence-corrected chi connectivity index (χ0v) is 14.2. The number of halogens is 1. The van der Waals surface area contributed by atoms with Gasteiger partial charge in [0, 0.05) is 10.6 Å². The van der Waals surface area contributed by atoms with Crippen LogP contribution in [0.2, 0.25) is 5.02 Å². The Bertz CT molecular complexity index is 400. The van der Waals surface area contributed by atoms with E-state index in [4.69, 9.17) is 16.3 Å². The van der Waals surface area contributed by atoms with Crippen LogP contribution in [0, 0.1) is 13.8 Å². The Kier molecular flexibility index (Phi) is 6.84. The third-order valence-corrected chi connectivity index (χ3v) is 3.37. The fourth-order valence-corrected chi connectivity index (χ4v) is 2.49. The van der Waals surface area contributed by atoms with Crippen molar-refractivity contribution in [2.24, 2.45) is 0 Å². The van der Waals surface area contributed by atoms with Crippen molar-refractivity contribution in [3.8, 4) is 5.75 Å². The number of nitrogens with one attached hydrogen (secondary N) is 1. The highest BCUT2D eigenvalue weighted by Crippen LogP contribution is 2.27. The van der Waals surface area contributed by atoms with Crippen LogP contribution in [0.1, 0.15) is 51.2 Å². The Balaban J connectivity index is 2.22. The van der Waals surface area contributed by atoms with Gasteiger partial charge in [0.1, 0.15) is 5.75 Å². The van der Waals surface area contributed by atoms with Crippen LogP contribution in [0.3, 0.4) is 0 Å². The highest BCUT2D eigenvalue weighted by atomic mass is 35.5. The van der Waals surface area contributed by atoms with Gasteiger partial charge in [-0.05, 0) is 83.7 Å². The van der Waals surface area contributed by atoms with E-state index in [-0.39, 0.29) is 5.54 Å². The molecule has 0 amide bonds. The molecule has 0 atom stereocenters. The van der Waals surface area contributed by atoms with Crippen LogP contribution in [0.25, 0.3) is 0 Å². The van der Waals surface area contributed by atoms with Crippen LogP contribution in [-0.4, -0.2) is 18.7 Å². The van der Waals surface area contributed by atoms with E-state index in [1.807, 2.05) is 26.0 Å². The molecular formula is C17H28ClNO. The molecule has 0 heterocycles. The average Bonchev–Trinajstić information content (AvgIpc) is 2.29. The highest BCUT2D eigenvalue weighted by Gasteiger charge is 2.07. The molecule has 0 spiro atoms. The molecule has 1 aromatic rings. The molecule has 3 heteroatoms. The quantitative estimate of drug-likeness (QED) is 0.723. The maximum absolute atomic E-state index is 6.01. The summed E-state index contributed by atoms with van der Waals surface area (Å²) in [6.07, 6.45) is 3.47. The van der Waals surface area contributed by atoms with Gasteiger partial charge in [-0.1, -0.05) is 11.6 Å². The van der Waals surface area contributed by atoms with Crippen molar-refractivity contribution in [2.75, 3.05) is 13.2 Å². The minimum Gasteiger partial charge on any atom is -0.493 e. The van der Waals surface area contributed by atoms with E-state index in [1.54, 1.807) is 0 Å². The summed E-state index contributed by atoms with van der Waals surface area (Å²) in [6.45, 7) is 12.5. The molecule has 2 nitrogen and oxygen atoms in total. The van der Waals surface area contributed by atoms with Gasteiger partial charge in [-0.2, -0.15) is 0 Å². The third-order valence-electron chi connectivity index (χ3n) is 3.15. The highest BCUT2D eigenvalue weighted by molar-refractivity contribution is 6.30. The number of unbranched alkanes of at least 4 members (excludes halogenated alkanes) is 2. The molecule has 1 N–H and O–H groups in total. The van der Waals surface area contributed by atoms with Crippen molar-refractivity contribution >= 4 is 11.6 Å². The second-order valence-corrected chi connectivity index (χ2v) is 6.89. The first-order chi connectivity index (χ1) is 9.29. The topological polar surface area (TPSA) is 21.3 Å². The molecular weight excluding hydrogens is 270 g/mol. The second kappa shape index (κ2) is 7.90. The lowest BCUT2D eigenvalue weighted by Crippen LogP contribution is -2.36. The van der Waals surface area contributed by atoms with Gasteiger partial charge in [0.05, 0.1) is 6.61 Å². The van der Waals surface area contributed by atoms with Crippen LogP contribution >= 0.6 is 11.6 Å². The van der Waals surface area contributed by atoms with E-state index in [2.05, 4.69) is 26.1 Å². The number of benzene rings is 1. The molecule has 0 radical (unpaired) electrons. The van der Waals surface area contributed by atoms with E-state index >= 15 is 0 Å². The zero-order chi connectivity index (χ0) is 15.2. The van der Waals surface area contributed by atoms with E-state index in [0.717, 1.165) is 41.5 Å². The van der Waals surface area contributed by atoms with Gasteiger partial charge in [0.15, 0.2) is 0 Å². The third kappa shape index (κ3) is 6.62. The molecule has 0 bridgehead atoms. The Morgan fingerprint density at radius 3 is 2.20 bits per heavy atom.